The van der Waals surface area contributed by atoms with Crippen LogP contribution in [0.25, 0.3) is 10.2 Å². The van der Waals surface area contributed by atoms with Crippen molar-refractivity contribution in [1.82, 2.24) is 14.8 Å². The number of thiazole rings is 1. The van der Waals surface area contributed by atoms with Crippen LogP contribution in [-0.2, 0) is 4.79 Å². The number of nitrogens with zero attached hydrogens (tertiary/aromatic N) is 3. The highest BCUT2D eigenvalue weighted by Crippen LogP contribution is 2.26. The first-order valence-corrected chi connectivity index (χ1v) is 8.49. The minimum Gasteiger partial charge on any atom is -0.349 e. The Balaban J connectivity index is 1.58. The topological polar surface area (TPSA) is 65.5 Å². The van der Waals surface area contributed by atoms with Gasteiger partial charge in [-0.3, -0.25) is 10.1 Å². The molecule has 7 heteroatoms. The Morgan fingerprint density at radius 2 is 1.96 bits per heavy atom. The number of hydrogen-bond donors (Lipinski definition) is 1. The molecule has 3 rings (SSSR count). The summed E-state index contributed by atoms with van der Waals surface area (Å²) in [4.78, 5) is 32.1. The number of piperidine rings is 1. The maximum atomic E-state index is 12.3. The lowest BCUT2D eigenvalue weighted by atomic mass is 9.96. The molecule has 3 amide bonds. The van der Waals surface area contributed by atoms with Crippen molar-refractivity contribution in [3.05, 3.63) is 24.3 Å². The number of anilines is 1. The fourth-order valence-electron chi connectivity index (χ4n) is 2.79. The predicted octanol–water partition coefficient (Wildman–Crippen LogP) is 2.63. The van der Waals surface area contributed by atoms with Gasteiger partial charge in [0, 0.05) is 33.1 Å². The van der Waals surface area contributed by atoms with E-state index in [0.29, 0.717) is 31.1 Å². The maximum Gasteiger partial charge on any atom is 0.323 e. The van der Waals surface area contributed by atoms with Crippen molar-refractivity contribution in [2.24, 2.45) is 5.92 Å². The average molecular weight is 332 g/mol. The molecule has 0 radical (unpaired) electrons. The standard InChI is InChI=1S/C16H20N4O2S/c1-19(2)14(21)11-7-9-20(10-8-11)16(22)18-15-17-12-5-3-4-6-13(12)23-15/h3-6,11H,7-10H2,1-2H3,(H,17,18,22). The lowest BCUT2D eigenvalue weighted by molar-refractivity contribution is -0.134. The van der Waals surface area contributed by atoms with E-state index < -0.39 is 0 Å². The van der Waals surface area contributed by atoms with Crippen LogP contribution in [0.2, 0.25) is 0 Å². The molecule has 1 aliphatic heterocycles. The van der Waals surface area contributed by atoms with Crippen molar-refractivity contribution < 1.29 is 9.59 Å². The smallest absolute Gasteiger partial charge is 0.323 e. The summed E-state index contributed by atoms with van der Waals surface area (Å²) < 4.78 is 1.05. The average Bonchev–Trinajstić information content (AvgIpc) is 2.96. The molecule has 23 heavy (non-hydrogen) atoms. The lowest BCUT2D eigenvalue weighted by Crippen LogP contribution is -2.44. The minimum absolute atomic E-state index is 0.0245. The molecular weight excluding hydrogens is 312 g/mol. The number of hydrogen-bond acceptors (Lipinski definition) is 4. The Labute approximate surface area is 139 Å². The van der Waals surface area contributed by atoms with Gasteiger partial charge >= 0.3 is 6.03 Å². The Hall–Kier alpha value is -2.15. The zero-order chi connectivity index (χ0) is 16.4. The van der Waals surface area contributed by atoms with Crippen molar-refractivity contribution >= 4 is 38.6 Å². The number of fused-ring (bicyclic) bond motifs is 1. The van der Waals surface area contributed by atoms with E-state index in [0.717, 1.165) is 10.2 Å². The molecule has 122 valence electrons. The summed E-state index contributed by atoms with van der Waals surface area (Å²) in [5.74, 6) is 0.174. The molecule has 0 spiro atoms. The van der Waals surface area contributed by atoms with Crippen LogP contribution in [0.1, 0.15) is 12.8 Å². The van der Waals surface area contributed by atoms with E-state index in [1.165, 1.54) is 11.3 Å². The molecule has 1 N–H and O–H groups in total. The third-order valence-electron chi connectivity index (χ3n) is 4.08. The number of benzene rings is 1. The van der Waals surface area contributed by atoms with Gasteiger partial charge in [0.05, 0.1) is 10.2 Å². The fourth-order valence-corrected chi connectivity index (χ4v) is 3.65. The first kappa shape index (κ1) is 15.7. The Kier molecular flexibility index (Phi) is 4.47. The summed E-state index contributed by atoms with van der Waals surface area (Å²) in [6, 6.07) is 7.67. The van der Waals surface area contributed by atoms with Crippen LogP contribution in [0.5, 0.6) is 0 Å². The molecule has 0 saturated carbocycles. The summed E-state index contributed by atoms with van der Waals surface area (Å²) in [6.45, 7) is 1.20. The number of nitrogens with one attached hydrogen (secondary N) is 1. The van der Waals surface area contributed by atoms with Crippen molar-refractivity contribution in [2.45, 2.75) is 12.8 Å². The number of aromatic nitrogens is 1. The van der Waals surface area contributed by atoms with E-state index >= 15 is 0 Å². The summed E-state index contributed by atoms with van der Waals surface area (Å²) >= 11 is 1.47. The largest absolute Gasteiger partial charge is 0.349 e. The van der Waals surface area contributed by atoms with Crippen molar-refractivity contribution in [1.29, 1.82) is 0 Å². The van der Waals surface area contributed by atoms with E-state index in [1.54, 1.807) is 23.9 Å². The van der Waals surface area contributed by atoms with Gasteiger partial charge in [0.15, 0.2) is 5.13 Å². The third kappa shape index (κ3) is 3.44. The highest BCUT2D eigenvalue weighted by molar-refractivity contribution is 7.22. The van der Waals surface area contributed by atoms with Gasteiger partial charge in [0.25, 0.3) is 0 Å². The predicted molar refractivity (Wildman–Crippen MR) is 91.6 cm³/mol. The van der Waals surface area contributed by atoms with Gasteiger partial charge in [0.2, 0.25) is 5.91 Å². The van der Waals surface area contributed by atoms with E-state index in [9.17, 15) is 9.59 Å². The number of para-hydroxylation sites is 1. The zero-order valence-electron chi connectivity index (χ0n) is 13.3. The monoisotopic (exact) mass is 332 g/mol. The summed E-state index contributed by atoms with van der Waals surface area (Å²) in [7, 11) is 3.54. The zero-order valence-corrected chi connectivity index (χ0v) is 14.1. The van der Waals surface area contributed by atoms with Crippen LogP contribution in [-0.4, -0.2) is 53.9 Å². The summed E-state index contributed by atoms with van der Waals surface area (Å²) in [5, 5.41) is 3.48. The van der Waals surface area contributed by atoms with Crippen molar-refractivity contribution in [3.8, 4) is 0 Å². The normalized spacial score (nSPS) is 15.7. The molecule has 1 saturated heterocycles. The van der Waals surface area contributed by atoms with Gasteiger partial charge in [-0.2, -0.15) is 0 Å². The number of carbonyl (C=O) groups excluding carboxylic acids is 2. The van der Waals surface area contributed by atoms with Crippen LogP contribution in [0.4, 0.5) is 9.93 Å². The molecular formula is C16H20N4O2S. The highest BCUT2D eigenvalue weighted by Gasteiger charge is 2.28. The molecule has 0 aliphatic carbocycles. The van der Waals surface area contributed by atoms with Gasteiger partial charge in [-0.05, 0) is 25.0 Å². The number of carbonyl (C=O) groups is 2. The fraction of sp³-hybridized carbons (Fsp3) is 0.438. The van der Waals surface area contributed by atoms with Gasteiger partial charge in [-0.1, -0.05) is 23.5 Å². The number of urea groups is 1. The van der Waals surface area contributed by atoms with Crippen LogP contribution < -0.4 is 5.32 Å². The Bertz CT molecular complexity index is 687. The lowest BCUT2D eigenvalue weighted by Gasteiger charge is -2.32. The summed E-state index contributed by atoms with van der Waals surface area (Å²) in [6.07, 6.45) is 1.43. The number of likely N-dealkylation sites (tertiary alicyclic amines) is 1. The van der Waals surface area contributed by atoms with E-state index in [4.69, 9.17) is 0 Å². The Morgan fingerprint density at radius 1 is 1.26 bits per heavy atom. The van der Waals surface area contributed by atoms with E-state index in [1.807, 2.05) is 24.3 Å². The molecule has 1 aromatic heterocycles. The van der Waals surface area contributed by atoms with Crippen molar-refractivity contribution in [2.75, 3.05) is 32.5 Å². The maximum absolute atomic E-state index is 12.3. The second-order valence-corrected chi connectivity index (χ2v) is 6.94. The van der Waals surface area contributed by atoms with E-state index in [2.05, 4.69) is 10.3 Å². The quantitative estimate of drug-likeness (QED) is 0.919. The third-order valence-corrected chi connectivity index (χ3v) is 5.03. The molecule has 1 aliphatic rings. The first-order valence-electron chi connectivity index (χ1n) is 7.67. The number of amides is 3. The SMILES string of the molecule is CN(C)C(=O)C1CCN(C(=O)Nc2nc3ccccc3s2)CC1. The molecule has 1 fully saturated rings. The van der Waals surface area contributed by atoms with E-state index in [-0.39, 0.29) is 17.9 Å². The Morgan fingerprint density at radius 3 is 2.61 bits per heavy atom. The van der Waals surface area contributed by atoms with Crippen LogP contribution in [0.15, 0.2) is 24.3 Å². The molecule has 6 nitrogen and oxygen atoms in total. The molecule has 0 atom stereocenters. The first-order chi connectivity index (χ1) is 11.0. The molecule has 0 bridgehead atoms. The highest BCUT2D eigenvalue weighted by atomic mass is 32.1. The minimum atomic E-state index is -0.139. The van der Waals surface area contributed by atoms with Gasteiger partial charge < -0.3 is 9.80 Å². The van der Waals surface area contributed by atoms with Crippen LogP contribution in [0, 0.1) is 5.92 Å². The molecule has 0 unspecified atom stereocenters. The molecule has 2 aromatic rings. The van der Waals surface area contributed by atoms with Gasteiger partial charge in [-0.15, -0.1) is 0 Å². The van der Waals surface area contributed by atoms with Gasteiger partial charge in [0.1, 0.15) is 0 Å². The van der Waals surface area contributed by atoms with Crippen LogP contribution in [0.3, 0.4) is 0 Å². The van der Waals surface area contributed by atoms with Crippen LogP contribution >= 0.6 is 11.3 Å². The molecule has 1 aromatic carbocycles. The summed E-state index contributed by atoms with van der Waals surface area (Å²) in [5.41, 5.74) is 0.892. The van der Waals surface area contributed by atoms with Gasteiger partial charge in [-0.25, -0.2) is 9.78 Å². The van der Waals surface area contributed by atoms with Crippen molar-refractivity contribution in [3.63, 3.8) is 0 Å². The second kappa shape index (κ2) is 6.54. The number of rotatable bonds is 2. The molecule has 2 heterocycles. The second-order valence-electron chi connectivity index (χ2n) is 5.91.